The molecule has 0 radical (unpaired) electrons. The van der Waals surface area contributed by atoms with Gasteiger partial charge in [0.05, 0.1) is 0 Å². The van der Waals surface area contributed by atoms with Crippen LogP contribution in [-0.2, 0) is 5.33 Å². The Balaban J connectivity index is 2.26. The van der Waals surface area contributed by atoms with E-state index in [1.807, 2.05) is 0 Å². The van der Waals surface area contributed by atoms with Gasteiger partial charge in [0.15, 0.2) is 11.6 Å². The van der Waals surface area contributed by atoms with E-state index < -0.39 is 11.6 Å². The molecule has 0 aliphatic rings. The second kappa shape index (κ2) is 5.67. The molecule has 0 aromatic heterocycles. The van der Waals surface area contributed by atoms with Crippen molar-refractivity contribution in [3.05, 3.63) is 58.6 Å². The highest BCUT2D eigenvalue weighted by Gasteiger charge is 2.07. The van der Waals surface area contributed by atoms with E-state index in [0.29, 0.717) is 16.1 Å². The molecule has 0 heterocycles. The van der Waals surface area contributed by atoms with Crippen molar-refractivity contribution >= 4 is 27.5 Å². The molecule has 5 heteroatoms. The van der Waals surface area contributed by atoms with Gasteiger partial charge >= 0.3 is 0 Å². The van der Waals surface area contributed by atoms with Crippen molar-refractivity contribution < 1.29 is 13.5 Å². The Morgan fingerprint density at radius 3 is 2.50 bits per heavy atom. The van der Waals surface area contributed by atoms with Gasteiger partial charge in [-0.25, -0.2) is 8.78 Å². The molecule has 0 saturated carbocycles. The van der Waals surface area contributed by atoms with Crippen LogP contribution >= 0.6 is 27.5 Å². The average Bonchev–Trinajstić information content (AvgIpc) is 2.33. The third kappa shape index (κ3) is 3.00. The Bertz CT molecular complexity index is 575. The van der Waals surface area contributed by atoms with Gasteiger partial charge in [0.25, 0.3) is 0 Å². The molecule has 0 amide bonds. The van der Waals surface area contributed by atoms with Gasteiger partial charge in [-0.05, 0) is 29.8 Å². The highest BCUT2D eigenvalue weighted by Crippen LogP contribution is 2.29. The SMILES string of the molecule is Fc1ccc(Oc2ccc(CBr)c(Cl)c2)c(F)c1. The molecular formula is C13H8BrClF2O. The summed E-state index contributed by atoms with van der Waals surface area (Å²) in [5.41, 5.74) is 0.906. The normalized spacial score (nSPS) is 10.4. The van der Waals surface area contributed by atoms with Gasteiger partial charge in [-0.2, -0.15) is 0 Å². The summed E-state index contributed by atoms with van der Waals surface area (Å²) in [6.45, 7) is 0. The predicted molar refractivity (Wildman–Crippen MR) is 70.5 cm³/mol. The Labute approximate surface area is 116 Å². The molecule has 18 heavy (non-hydrogen) atoms. The first-order valence-electron chi connectivity index (χ1n) is 5.07. The molecule has 0 fully saturated rings. The molecule has 0 bridgehead atoms. The Hall–Kier alpha value is -1.13. The predicted octanol–water partition coefficient (Wildman–Crippen LogP) is 5.31. The zero-order valence-corrected chi connectivity index (χ0v) is 11.4. The molecule has 0 N–H and O–H groups in total. The minimum atomic E-state index is -0.754. The Morgan fingerprint density at radius 1 is 1.11 bits per heavy atom. The molecule has 0 aliphatic carbocycles. The summed E-state index contributed by atoms with van der Waals surface area (Å²) in [7, 11) is 0. The molecular weight excluding hydrogens is 325 g/mol. The van der Waals surface area contributed by atoms with Crippen LogP contribution in [0.2, 0.25) is 5.02 Å². The van der Waals surface area contributed by atoms with Crippen LogP contribution in [0.25, 0.3) is 0 Å². The van der Waals surface area contributed by atoms with E-state index in [-0.39, 0.29) is 5.75 Å². The van der Waals surface area contributed by atoms with Crippen molar-refractivity contribution in [3.63, 3.8) is 0 Å². The highest BCUT2D eigenvalue weighted by molar-refractivity contribution is 9.08. The number of halogens is 4. The number of benzene rings is 2. The summed E-state index contributed by atoms with van der Waals surface area (Å²) in [6, 6.07) is 8.16. The number of ether oxygens (including phenoxy) is 1. The second-order valence-corrected chi connectivity index (χ2v) is 4.53. The van der Waals surface area contributed by atoms with E-state index in [9.17, 15) is 8.78 Å². The van der Waals surface area contributed by atoms with E-state index in [1.165, 1.54) is 6.07 Å². The van der Waals surface area contributed by atoms with E-state index in [2.05, 4.69) is 15.9 Å². The summed E-state index contributed by atoms with van der Waals surface area (Å²) in [4.78, 5) is 0. The smallest absolute Gasteiger partial charge is 0.168 e. The van der Waals surface area contributed by atoms with Gasteiger partial charge in [-0.15, -0.1) is 0 Å². The summed E-state index contributed by atoms with van der Waals surface area (Å²) in [6.07, 6.45) is 0. The maximum atomic E-state index is 13.4. The fourth-order valence-electron chi connectivity index (χ4n) is 1.38. The molecule has 0 spiro atoms. The molecule has 0 aliphatic heterocycles. The van der Waals surface area contributed by atoms with Crippen LogP contribution in [-0.4, -0.2) is 0 Å². The highest BCUT2D eigenvalue weighted by atomic mass is 79.9. The molecule has 0 saturated heterocycles. The van der Waals surface area contributed by atoms with Crippen molar-refractivity contribution in [1.82, 2.24) is 0 Å². The van der Waals surface area contributed by atoms with Crippen molar-refractivity contribution in [2.45, 2.75) is 5.33 Å². The topological polar surface area (TPSA) is 9.23 Å². The standard InChI is InChI=1S/C13H8BrClF2O/c14-7-8-1-3-10(6-11(8)15)18-13-4-2-9(16)5-12(13)17/h1-6H,7H2. The molecule has 0 unspecified atom stereocenters. The summed E-state index contributed by atoms with van der Waals surface area (Å²) in [5.74, 6) is -1.04. The fraction of sp³-hybridized carbons (Fsp3) is 0.0769. The van der Waals surface area contributed by atoms with Crippen LogP contribution in [0, 0.1) is 11.6 Å². The maximum absolute atomic E-state index is 13.4. The minimum Gasteiger partial charge on any atom is -0.454 e. The minimum absolute atomic E-state index is 0.0425. The van der Waals surface area contributed by atoms with Crippen LogP contribution in [0.3, 0.4) is 0 Å². The molecule has 94 valence electrons. The van der Waals surface area contributed by atoms with Gasteiger partial charge in [-0.3, -0.25) is 0 Å². The van der Waals surface area contributed by atoms with Crippen molar-refractivity contribution in [3.8, 4) is 11.5 Å². The maximum Gasteiger partial charge on any atom is 0.168 e. The molecule has 2 rings (SSSR count). The number of hydrogen-bond acceptors (Lipinski definition) is 1. The molecule has 1 nitrogen and oxygen atoms in total. The van der Waals surface area contributed by atoms with Gasteiger partial charge < -0.3 is 4.74 Å². The second-order valence-electron chi connectivity index (χ2n) is 3.56. The Morgan fingerprint density at radius 2 is 1.89 bits per heavy atom. The number of hydrogen-bond donors (Lipinski definition) is 0. The molecule has 2 aromatic carbocycles. The summed E-state index contributed by atoms with van der Waals surface area (Å²) < 4.78 is 31.4. The monoisotopic (exact) mass is 332 g/mol. The van der Waals surface area contributed by atoms with Crippen LogP contribution < -0.4 is 4.74 Å². The van der Waals surface area contributed by atoms with Crippen LogP contribution in [0.5, 0.6) is 11.5 Å². The van der Waals surface area contributed by atoms with E-state index in [4.69, 9.17) is 16.3 Å². The quantitative estimate of drug-likeness (QED) is 0.692. The Kier molecular flexibility index (Phi) is 4.19. The molecule has 2 aromatic rings. The summed E-state index contributed by atoms with van der Waals surface area (Å²) in [5, 5.41) is 1.14. The summed E-state index contributed by atoms with van der Waals surface area (Å²) >= 11 is 9.29. The lowest BCUT2D eigenvalue weighted by Gasteiger charge is -2.08. The first-order chi connectivity index (χ1) is 8.60. The van der Waals surface area contributed by atoms with Gasteiger partial charge in [0, 0.05) is 16.4 Å². The van der Waals surface area contributed by atoms with Crippen molar-refractivity contribution in [2.75, 3.05) is 0 Å². The third-order valence-corrected chi connectivity index (χ3v) is 3.25. The lowest BCUT2D eigenvalue weighted by Crippen LogP contribution is -1.90. The first-order valence-corrected chi connectivity index (χ1v) is 6.57. The lowest BCUT2D eigenvalue weighted by molar-refractivity contribution is 0.437. The van der Waals surface area contributed by atoms with Gasteiger partial charge in [0.2, 0.25) is 0 Å². The van der Waals surface area contributed by atoms with Crippen molar-refractivity contribution in [2.24, 2.45) is 0 Å². The van der Waals surface area contributed by atoms with Crippen molar-refractivity contribution in [1.29, 1.82) is 0 Å². The van der Waals surface area contributed by atoms with Crippen LogP contribution in [0.1, 0.15) is 5.56 Å². The van der Waals surface area contributed by atoms with Crippen LogP contribution in [0.4, 0.5) is 8.78 Å². The number of alkyl halides is 1. The largest absolute Gasteiger partial charge is 0.454 e. The van der Waals surface area contributed by atoms with Gasteiger partial charge in [0.1, 0.15) is 11.6 Å². The molecule has 0 atom stereocenters. The van der Waals surface area contributed by atoms with Crippen LogP contribution in [0.15, 0.2) is 36.4 Å². The van der Waals surface area contributed by atoms with Gasteiger partial charge in [-0.1, -0.05) is 33.6 Å². The third-order valence-electron chi connectivity index (χ3n) is 2.29. The number of rotatable bonds is 3. The van der Waals surface area contributed by atoms with E-state index >= 15 is 0 Å². The van der Waals surface area contributed by atoms with E-state index in [1.54, 1.807) is 18.2 Å². The fourth-order valence-corrected chi connectivity index (χ4v) is 2.27. The average molecular weight is 334 g/mol. The zero-order chi connectivity index (χ0) is 13.1. The lowest BCUT2D eigenvalue weighted by atomic mass is 10.2. The van der Waals surface area contributed by atoms with E-state index in [0.717, 1.165) is 17.7 Å². The first kappa shape index (κ1) is 13.3. The zero-order valence-electron chi connectivity index (χ0n) is 9.09.